The molecule has 0 aromatic rings. The maximum absolute atomic E-state index is 12.1. The molecule has 26 heavy (non-hydrogen) atoms. The minimum Gasteiger partial charge on any atom is -0.481 e. The second kappa shape index (κ2) is 11.5. The number of quaternary nitrogens is 1. The molecule has 0 bridgehead atoms. The number of allylic oxidation sites excluding steroid dienone is 1. The molecule has 1 unspecified atom stereocenters. The summed E-state index contributed by atoms with van der Waals surface area (Å²) in [4.78, 5) is 33.5. The maximum Gasteiger partial charge on any atom is 0.310 e. The number of unbranched alkanes of at least 4 members (excludes halogenated alkanes) is 2. The lowest BCUT2D eigenvalue weighted by Crippen LogP contribution is -2.43. The zero-order valence-corrected chi connectivity index (χ0v) is 16.1. The van der Waals surface area contributed by atoms with E-state index < -0.39 is 24.0 Å². The number of carbonyl (C=O) groups excluding carboxylic acids is 1. The molecule has 7 nitrogen and oxygen atoms in total. The number of hydrogen-bond donors (Lipinski definition) is 2. The summed E-state index contributed by atoms with van der Waals surface area (Å²) in [6.07, 6.45) is 1.99. The summed E-state index contributed by atoms with van der Waals surface area (Å²) in [5.74, 6) is -2.33. The first kappa shape index (κ1) is 23.9. The third-order valence-electron chi connectivity index (χ3n) is 3.68. The molecular formula is C19H32NO6+. The number of carboxylic acid groups (broad SMARTS) is 2. The average molecular weight is 370 g/mol. The molecule has 7 heteroatoms. The normalized spacial score (nSPS) is 12.3. The van der Waals surface area contributed by atoms with Gasteiger partial charge in [-0.1, -0.05) is 25.2 Å². The molecule has 0 spiro atoms. The van der Waals surface area contributed by atoms with Crippen LogP contribution in [0.5, 0.6) is 0 Å². The Balaban J connectivity index is 4.35. The van der Waals surface area contributed by atoms with E-state index in [4.69, 9.17) is 14.9 Å². The van der Waals surface area contributed by atoms with Crippen molar-refractivity contribution in [2.45, 2.75) is 51.0 Å². The van der Waals surface area contributed by atoms with Crippen LogP contribution in [-0.2, 0) is 19.1 Å². The van der Waals surface area contributed by atoms with E-state index >= 15 is 0 Å². The molecule has 2 N–H and O–H groups in total. The first-order valence-corrected chi connectivity index (χ1v) is 8.70. The van der Waals surface area contributed by atoms with Gasteiger partial charge in [-0.3, -0.25) is 14.4 Å². The van der Waals surface area contributed by atoms with Crippen LogP contribution < -0.4 is 0 Å². The third kappa shape index (κ3) is 13.2. The number of carboxylic acids is 2. The zero-order valence-electron chi connectivity index (χ0n) is 16.1. The van der Waals surface area contributed by atoms with E-state index in [0.29, 0.717) is 29.4 Å². The Morgan fingerprint density at radius 3 is 2.00 bits per heavy atom. The Morgan fingerprint density at radius 2 is 1.50 bits per heavy atom. The molecule has 0 saturated heterocycles. The van der Waals surface area contributed by atoms with Gasteiger partial charge in [-0.25, -0.2) is 0 Å². The number of carbonyl (C=O) groups is 3. The molecule has 0 fully saturated rings. The molecule has 0 rings (SSSR count). The van der Waals surface area contributed by atoms with Crippen LogP contribution in [-0.4, -0.2) is 66.4 Å². The van der Waals surface area contributed by atoms with Crippen LogP contribution in [0.4, 0.5) is 0 Å². The standard InChI is InChI=1S/C19H31NO6/c1-14(9-7-6-8-10-17(21)22)15(2)11-19(25)26-16(12-18(23)24)13-20(3,4)5/h16H,1-2,6-13H2,3-5H3,(H-,21,22,23,24)/p+1. The van der Waals surface area contributed by atoms with Crippen molar-refractivity contribution < 1.29 is 33.8 Å². The van der Waals surface area contributed by atoms with Gasteiger partial charge in [0.05, 0.1) is 34.0 Å². The third-order valence-corrected chi connectivity index (χ3v) is 3.68. The average Bonchev–Trinajstić information content (AvgIpc) is 2.43. The smallest absolute Gasteiger partial charge is 0.310 e. The van der Waals surface area contributed by atoms with Gasteiger partial charge < -0.3 is 19.4 Å². The van der Waals surface area contributed by atoms with Crippen LogP contribution in [0.25, 0.3) is 0 Å². The summed E-state index contributed by atoms with van der Waals surface area (Å²) in [7, 11) is 5.69. The van der Waals surface area contributed by atoms with E-state index in [9.17, 15) is 14.4 Å². The Bertz CT molecular complexity index is 533. The van der Waals surface area contributed by atoms with Crippen molar-refractivity contribution >= 4 is 17.9 Å². The highest BCUT2D eigenvalue weighted by Gasteiger charge is 2.25. The van der Waals surface area contributed by atoms with Crippen molar-refractivity contribution in [3.8, 4) is 0 Å². The maximum atomic E-state index is 12.1. The number of aliphatic carboxylic acids is 2. The zero-order chi connectivity index (χ0) is 20.3. The first-order chi connectivity index (χ1) is 11.9. The summed E-state index contributed by atoms with van der Waals surface area (Å²) in [5.41, 5.74) is 1.30. The SMILES string of the molecule is C=C(CCCCCC(=O)O)C(=C)CC(=O)OC(CC(=O)O)C[N+](C)(C)C. The summed E-state index contributed by atoms with van der Waals surface area (Å²) in [6, 6.07) is 0. The van der Waals surface area contributed by atoms with E-state index in [1.54, 1.807) is 0 Å². The lowest BCUT2D eigenvalue weighted by Gasteiger charge is -2.28. The molecule has 0 aromatic heterocycles. The van der Waals surface area contributed by atoms with E-state index in [2.05, 4.69) is 13.2 Å². The van der Waals surface area contributed by atoms with E-state index in [0.717, 1.165) is 18.4 Å². The summed E-state index contributed by atoms with van der Waals surface area (Å²) in [6.45, 7) is 8.15. The van der Waals surface area contributed by atoms with Crippen LogP contribution in [0.15, 0.2) is 24.3 Å². The fourth-order valence-electron chi connectivity index (χ4n) is 2.44. The van der Waals surface area contributed by atoms with E-state index in [1.807, 2.05) is 21.1 Å². The quantitative estimate of drug-likeness (QED) is 0.211. The predicted molar refractivity (Wildman–Crippen MR) is 98.7 cm³/mol. The lowest BCUT2D eigenvalue weighted by molar-refractivity contribution is -0.873. The first-order valence-electron chi connectivity index (χ1n) is 8.70. The van der Waals surface area contributed by atoms with E-state index in [1.165, 1.54) is 0 Å². The second-order valence-corrected chi connectivity index (χ2v) is 7.52. The minimum absolute atomic E-state index is 0.0266. The van der Waals surface area contributed by atoms with Gasteiger partial charge in [0.2, 0.25) is 0 Å². The Morgan fingerprint density at radius 1 is 0.923 bits per heavy atom. The molecule has 0 amide bonds. The van der Waals surface area contributed by atoms with Crippen molar-refractivity contribution in [3.05, 3.63) is 24.3 Å². The van der Waals surface area contributed by atoms with Gasteiger partial charge in [-0.2, -0.15) is 0 Å². The van der Waals surface area contributed by atoms with Gasteiger partial charge in [-0.15, -0.1) is 0 Å². The number of nitrogens with zero attached hydrogens (tertiary/aromatic N) is 1. The lowest BCUT2D eigenvalue weighted by atomic mass is 10.00. The number of likely N-dealkylation sites (N-methyl/N-ethyl adjacent to an activating group) is 1. The highest BCUT2D eigenvalue weighted by atomic mass is 16.5. The van der Waals surface area contributed by atoms with Crippen molar-refractivity contribution in [2.24, 2.45) is 0 Å². The molecule has 0 heterocycles. The van der Waals surface area contributed by atoms with E-state index in [-0.39, 0.29) is 19.3 Å². The molecule has 0 aliphatic carbocycles. The Hall–Kier alpha value is -2.15. The Kier molecular flexibility index (Phi) is 10.5. The number of ether oxygens (including phenoxy) is 1. The van der Waals surface area contributed by atoms with Crippen molar-refractivity contribution in [3.63, 3.8) is 0 Å². The molecule has 0 aliphatic heterocycles. The number of esters is 1. The van der Waals surface area contributed by atoms with Crippen LogP contribution in [0.1, 0.15) is 44.9 Å². The largest absolute Gasteiger partial charge is 0.481 e. The Labute approximate surface area is 155 Å². The topological polar surface area (TPSA) is 101 Å². The summed E-state index contributed by atoms with van der Waals surface area (Å²) in [5, 5.41) is 17.6. The van der Waals surface area contributed by atoms with Crippen LogP contribution in [0, 0.1) is 0 Å². The van der Waals surface area contributed by atoms with Gasteiger partial charge in [0.1, 0.15) is 6.54 Å². The van der Waals surface area contributed by atoms with Gasteiger partial charge in [-0.05, 0) is 24.8 Å². The number of rotatable bonds is 14. The molecule has 0 radical (unpaired) electrons. The highest BCUT2D eigenvalue weighted by molar-refractivity contribution is 5.74. The number of hydrogen-bond acceptors (Lipinski definition) is 4. The highest BCUT2D eigenvalue weighted by Crippen LogP contribution is 2.19. The summed E-state index contributed by atoms with van der Waals surface area (Å²) < 4.78 is 5.81. The van der Waals surface area contributed by atoms with Crippen molar-refractivity contribution in [1.82, 2.24) is 0 Å². The molecule has 148 valence electrons. The van der Waals surface area contributed by atoms with Gasteiger partial charge >= 0.3 is 17.9 Å². The molecule has 0 aliphatic rings. The minimum atomic E-state index is -1.01. The van der Waals surface area contributed by atoms with Crippen LogP contribution in [0.2, 0.25) is 0 Å². The van der Waals surface area contributed by atoms with Crippen molar-refractivity contribution in [1.29, 1.82) is 0 Å². The van der Waals surface area contributed by atoms with Crippen LogP contribution in [0.3, 0.4) is 0 Å². The summed E-state index contributed by atoms with van der Waals surface area (Å²) >= 11 is 0. The molecule has 1 atom stereocenters. The van der Waals surface area contributed by atoms with Gasteiger partial charge in [0.25, 0.3) is 0 Å². The molecule has 0 saturated carbocycles. The second-order valence-electron chi connectivity index (χ2n) is 7.52. The monoisotopic (exact) mass is 370 g/mol. The van der Waals surface area contributed by atoms with Crippen molar-refractivity contribution in [2.75, 3.05) is 27.7 Å². The van der Waals surface area contributed by atoms with Crippen LogP contribution >= 0.6 is 0 Å². The fraction of sp³-hybridized carbons (Fsp3) is 0.632. The predicted octanol–water partition coefficient (Wildman–Crippen LogP) is 2.62. The fourth-order valence-corrected chi connectivity index (χ4v) is 2.44. The van der Waals surface area contributed by atoms with Gasteiger partial charge in [0, 0.05) is 6.42 Å². The molecular weight excluding hydrogens is 338 g/mol. The van der Waals surface area contributed by atoms with Gasteiger partial charge in [0.15, 0.2) is 6.10 Å². The molecule has 0 aromatic carbocycles.